The number of aliphatic hydroxyl groups excluding tert-OH is 3. The molecule has 2 aliphatic heterocycles. The Kier molecular flexibility index (Phi) is 6.51. The van der Waals surface area contributed by atoms with Crippen LogP contribution in [-0.4, -0.2) is 114 Å². The van der Waals surface area contributed by atoms with Crippen molar-refractivity contribution in [3.63, 3.8) is 0 Å². The molecule has 0 saturated carbocycles. The smallest absolute Gasteiger partial charge is 0.327 e. The first-order valence-electron chi connectivity index (χ1n) is 9.93. The molecule has 2 saturated heterocycles. The van der Waals surface area contributed by atoms with Crippen LogP contribution in [0.4, 0.5) is 9.59 Å². The molecule has 2 unspecified atom stereocenters. The largest absolute Gasteiger partial charge is 0.392 e. The van der Waals surface area contributed by atoms with E-state index in [2.05, 4.69) is 0 Å². The maximum Gasteiger partial charge on any atom is 0.327 e. The first-order chi connectivity index (χ1) is 13.6. The summed E-state index contributed by atoms with van der Waals surface area (Å²) < 4.78 is 0. The molecule has 2 heterocycles. The van der Waals surface area contributed by atoms with Crippen molar-refractivity contribution in [1.82, 2.24) is 19.6 Å². The van der Waals surface area contributed by atoms with E-state index < -0.39 is 66.4 Å². The summed E-state index contributed by atoms with van der Waals surface area (Å²) in [6.07, 6.45) is -3.03. The van der Waals surface area contributed by atoms with E-state index in [9.17, 15) is 34.5 Å². The zero-order valence-electron chi connectivity index (χ0n) is 18.3. The number of hydrogen-bond acceptors (Lipinski definition) is 7. The lowest BCUT2D eigenvalue weighted by Crippen LogP contribution is -2.47. The number of nitrogens with zero attached hydrogens (tertiary/aromatic N) is 4. The summed E-state index contributed by atoms with van der Waals surface area (Å²) in [5.74, 6) is -1.08. The van der Waals surface area contributed by atoms with Crippen LogP contribution in [0.15, 0.2) is 0 Å². The lowest BCUT2D eigenvalue weighted by molar-refractivity contribution is -0.134. The normalized spacial score (nSPS) is 24.2. The van der Waals surface area contributed by atoms with Crippen LogP contribution in [0, 0.1) is 0 Å². The Morgan fingerprint density at radius 3 is 1.23 bits per heavy atom. The molecule has 0 radical (unpaired) electrons. The molecule has 11 nitrogen and oxygen atoms in total. The third-order valence-electron chi connectivity index (χ3n) is 5.49. The standard InChI is InChI=1S/C19H32N4O7/c1-11(24)7-22-16(29)20(14(27)18(22,3)4)9-13(26)10-21-15(28)19(5,6)23(17(21)30)8-12(2)25/h11-13,24-26H,7-10H2,1-6H3. The quantitative estimate of drug-likeness (QED) is 0.429. The fourth-order valence-corrected chi connectivity index (χ4v) is 3.78. The topological polar surface area (TPSA) is 142 Å². The number of amides is 6. The van der Waals surface area contributed by atoms with E-state index in [0.717, 1.165) is 9.80 Å². The zero-order chi connectivity index (χ0) is 23.2. The molecule has 2 fully saturated rings. The summed E-state index contributed by atoms with van der Waals surface area (Å²) in [7, 11) is 0. The number of imide groups is 2. The van der Waals surface area contributed by atoms with E-state index in [0.29, 0.717) is 0 Å². The minimum absolute atomic E-state index is 0.0459. The van der Waals surface area contributed by atoms with Crippen LogP contribution in [0.3, 0.4) is 0 Å². The average molecular weight is 428 g/mol. The third kappa shape index (κ3) is 4.14. The Morgan fingerprint density at radius 2 is 0.967 bits per heavy atom. The van der Waals surface area contributed by atoms with Gasteiger partial charge in [-0.2, -0.15) is 0 Å². The third-order valence-corrected chi connectivity index (χ3v) is 5.49. The Hall–Kier alpha value is -2.24. The number of carbonyl (C=O) groups is 4. The van der Waals surface area contributed by atoms with E-state index in [1.807, 2.05) is 0 Å². The van der Waals surface area contributed by atoms with Gasteiger partial charge in [-0.25, -0.2) is 9.59 Å². The molecule has 0 aromatic heterocycles. The molecule has 0 aliphatic carbocycles. The van der Waals surface area contributed by atoms with Crippen molar-refractivity contribution in [3.8, 4) is 0 Å². The van der Waals surface area contributed by atoms with Crippen molar-refractivity contribution in [1.29, 1.82) is 0 Å². The molecule has 2 aliphatic rings. The number of hydrogen-bond donors (Lipinski definition) is 3. The first kappa shape index (κ1) is 24.0. The van der Waals surface area contributed by atoms with Crippen molar-refractivity contribution in [2.75, 3.05) is 26.2 Å². The minimum atomic E-state index is -1.35. The minimum Gasteiger partial charge on any atom is -0.392 e. The summed E-state index contributed by atoms with van der Waals surface area (Å²) in [6.45, 7) is 8.30. The van der Waals surface area contributed by atoms with Crippen LogP contribution >= 0.6 is 0 Å². The Morgan fingerprint density at radius 1 is 0.667 bits per heavy atom. The van der Waals surface area contributed by atoms with Gasteiger partial charge in [-0.1, -0.05) is 0 Å². The Bertz CT molecular complexity index is 674. The zero-order valence-corrected chi connectivity index (χ0v) is 18.3. The summed E-state index contributed by atoms with van der Waals surface area (Å²) >= 11 is 0. The molecule has 2 atom stereocenters. The maximum atomic E-state index is 12.7. The second-order valence-electron chi connectivity index (χ2n) is 9.09. The van der Waals surface area contributed by atoms with E-state index in [1.54, 1.807) is 27.7 Å². The summed E-state index contributed by atoms with van der Waals surface area (Å²) in [4.78, 5) is 54.9. The summed E-state index contributed by atoms with van der Waals surface area (Å²) in [6, 6.07) is -1.31. The van der Waals surface area contributed by atoms with E-state index in [-0.39, 0.29) is 13.1 Å². The van der Waals surface area contributed by atoms with Crippen LogP contribution in [-0.2, 0) is 9.59 Å². The number of aliphatic hydroxyl groups is 3. The SMILES string of the molecule is CC(O)CN1C(=O)N(CC(O)CN2C(=O)N(CC(C)O)C(C)(C)C2=O)C(=O)C1(C)C. The van der Waals surface area contributed by atoms with Gasteiger partial charge in [-0.05, 0) is 41.5 Å². The molecule has 0 spiro atoms. The van der Waals surface area contributed by atoms with Crippen LogP contribution in [0.25, 0.3) is 0 Å². The van der Waals surface area contributed by atoms with Gasteiger partial charge in [0.2, 0.25) is 0 Å². The second-order valence-corrected chi connectivity index (χ2v) is 9.09. The average Bonchev–Trinajstić information content (AvgIpc) is 2.86. The number of urea groups is 2. The highest BCUT2D eigenvalue weighted by Crippen LogP contribution is 2.30. The van der Waals surface area contributed by atoms with E-state index in [1.165, 1.54) is 23.6 Å². The van der Waals surface area contributed by atoms with Crippen molar-refractivity contribution >= 4 is 23.9 Å². The molecular formula is C19H32N4O7. The molecule has 6 amide bonds. The van der Waals surface area contributed by atoms with Gasteiger partial charge in [-0.15, -0.1) is 0 Å². The monoisotopic (exact) mass is 428 g/mol. The molecule has 170 valence electrons. The van der Waals surface area contributed by atoms with Gasteiger partial charge in [0.15, 0.2) is 0 Å². The van der Waals surface area contributed by atoms with Gasteiger partial charge in [0, 0.05) is 13.1 Å². The van der Waals surface area contributed by atoms with Crippen LogP contribution in [0.1, 0.15) is 41.5 Å². The van der Waals surface area contributed by atoms with Crippen molar-refractivity contribution in [2.45, 2.75) is 70.9 Å². The Labute approximate surface area is 175 Å². The summed E-state index contributed by atoms with van der Waals surface area (Å²) in [5, 5.41) is 29.7. The summed E-state index contributed by atoms with van der Waals surface area (Å²) in [5.41, 5.74) is -2.38. The molecule has 0 bridgehead atoms. The predicted molar refractivity (Wildman–Crippen MR) is 105 cm³/mol. The van der Waals surface area contributed by atoms with Crippen LogP contribution in [0.5, 0.6) is 0 Å². The van der Waals surface area contributed by atoms with Gasteiger partial charge in [0.1, 0.15) is 11.1 Å². The number of rotatable bonds is 8. The van der Waals surface area contributed by atoms with Crippen LogP contribution < -0.4 is 0 Å². The number of β-amino-alcohol motifs (C(OH)–C–C–N with tert-alkyl or cyclic N) is 3. The first-order valence-corrected chi connectivity index (χ1v) is 9.93. The van der Waals surface area contributed by atoms with Crippen LogP contribution in [0.2, 0.25) is 0 Å². The number of carbonyl (C=O) groups excluding carboxylic acids is 4. The van der Waals surface area contributed by atoms with Gasteiger partial charge in [0.05, 0.1) is 31.4 Å². The highest BCUT2D eigenvalue weighted by atomic mass is 16.3. The Balaban J connectivity index is 2.13. The van der Waals surface area contributed by atoms with Gasteiger partial charge in [0.25, 0.3) is 11.8 Å². The van der Waals surface area contributed by atoms with Crippen molar-refractivity contribution < 1.29 is 34.5 Å². The van der Waals surface area contributed by atoms with E-state index in [4.69, 9.17) is 0 Å². The lowest BCUT2D eigenvalue weighted by atomic mass is 10.0. The van der Waals surface area contributed by atoms with Gasteiger partial charge in [-0.3, -0.25) is 19.4 Å². The van der Waals surface area contributed by atoms with E-state index >= 15 is 0 Å². The molecule has 3 N–H and O–H groups in total. The maximum absolute atomic E-state index is 12.7. The van der Waals surface area contributed by atoms with Crippen molar-refractivity contribution in [2.24, 2.45) is 0 Å². The predicted octanol–water partition coefficient (Wildman–Crippen LogP) is -0.805. The molecule has 2 rings (SSSR count). The molecule has 0 aromatic rings. The molecule has 11 heteroatoms. The fraction of sp³-hybridized carbons (Fsp3) is 0.789. The lowest BCUT2D eigenvalue weighted by Gasteiger charge is -2.28. The fourth-order valence-electron chi connectivity index (χ4n) is 3.78. The highest BCUT2D eigenvalue weighted by Gasteiger charge is 2.54. The molecule has 30 heavy (non-hydrogen) atoms. The highest BCUT2D eigenvalue weighted by molar-refractivity contribution is 6.07. The van der Waals surface area contributed by atoms with Gasteiger partial charge < -0.3 is 25.1 Å². The second kappa shape index (κ2) is 8.12. The molecule has 0 aromatic carbocycles. The molecular weight excluding hydrogens is 396 g/mol. The van der Waals surface area contributed by atoms with Gasteiger partial charge >= 0.3 is 12.1 Å². The van der Waals surface area contributed by atoms with Crippen molar-refractivity contribution in [3.05, 3.63) is 0 Å².